The van der Waals surface area contributed by atoms with E-state index in [0.29, 0.717) is 16.4 Å². The van der Waals surface area contributed by atoms with Crippen LogP contribution in [0.4, 0.5) is 4.39 Å². The topological polar surface area (TPSA) is 0 Å². The molecule has 2 aliphatic rings. The number of aryl methyl sites for hydroxylation is 1. The third kappa shape index (κ3) is 2.22. The molecular formula is C17H21FS. The second-order valence-corrected chi connectivity index (χ2v) is 7.99. The van der Waals surface area contributed by atoms with Gasteiger partial charge in [-0.25, -0.2) is 4.39 Å². The van der Waals surface area contributed by atoms with E-state index in [1.807, 2.05) is 6.92 Å². The summed E-state index contributed by atoms with van der Waals surface area (Å²) in [5.74, 6) is 3.05. The van der Waals surface area contributed by atoms with Crippen LogP contribution >= 0.6 is 10.5 Å². The third-order valence-electron chi connectivity index (χ3n) is 4.69. The van der Waals surface area contributed by atoms with Crippen molar-refractivity contribution < 1.29 is 4.39 Å². The lowest BCUT2D eigenvalue weighted by Gasteiger charge is -2.36. The quantitative estimate of drug-likeness (QED) is 0.701. The van der Waals surface area contributed by atoms with Gasteiger partial charge in [-0.05, 0) is 66.5 Å². The highest BCUT2D eigenvalue weighted by Gasteiger charge is 2.44. The van der Waals surface area contributed by atoms with Gasteiger partial charge in [-0.1, -0.05) is 24.4 Å². The Morgan fingerprint density at radius 1 is 1.42 bits per heavy atom. The Bertz CT molecular complexity index is 548. The Hall–Kier alpha value is -0.850. The molecule has 0 amide bonds. The number of hydrogen-bond acceptors (Lipinski definition) is 0. The molecule has 0 radical (unpaired) electrons. The Morgan fingerprint density at radius 2 is 2.26 bits per heavy atom. The normalized spacial score (nSPS) is 33.0. The standard InChI is InChI=1S/C17H21FS/c1-3-19-8-7-17(6-4-5-14(17)12-19)15-9-13(2)10-16(18)11-15/h7,9-11,14H,3-6,12H2,1-2H3/t14-,17-,19?/m0/s1. The minimum Gasteiger partial charge on any atom is -0.207 e. The molecular weight excluding hydrogens is 255 g/mol. The van der Waals surface area contributed by atoms with E-state index in [0.717, 1.165) is 12.0 Å². The van der Waals surface area contributed by atoms with Gasteiger partial charge in [-0.15, -0.1) is 10.5 Å². The van der Waals surface area contributed by atoms with Crippen LogP contribution in [0.3, 0.4) is 0 Å². The maximum absolute atomic E-state index is 13.7. The van der Waals surface area contributed by atoms with Crippen LogP contribution in [0, 0.1) is 18.7 Å². The van der Waals surface area contributed by atoms with Crippen LogP contribution in [0.25, 0.3) is 0 Å². The fourth-order valence-electron chi connectivity index (χ4n) is 3.67. The first-order chi connectivity index (χ1) is 9.14. The van der Waals surface area contributed by atoms with E-state index in [4.69, 9.17) is 0 Å². The van der Waals surface area contributed by atoms with Crippen molar-refractivity contribution in [2.75, 3.05) is 11.5 Å². The highest BCUT2D eigenvalue weighted by Crippen LogP contribution is 2.50. The molecule has 0 nitrogen and oxygen atoms in total. The molecule has 1 aliphatic heterocycles. The lowest BCUT2D eigenvalue weighted by molar-refractivity contribution is 0.425. The van der Waals surface area contributed by atoms with Crippen molar-refractivity contribution >= 4 is 15.5 Å². The second-order valence-electron chi connectivity index (χ2n) is 5.86. The number of allylic oxidation sites excluding steroid dienone is 1. The zero-order valence-electron chi connectivity index (χ0n) is 11.7. The molecule has 1 aromatic carbocycles. The number of rotatable bonds is 2. The zero-order valence-corrected chi connectivity index (χ0v) is 12.5. The van der Waals surface area contributed by atoms with Crippen molar-refractivity contribution in [3.05, 3.63) is 41.2 Å². The van der Waals surface area contributed by atoms with Crippen LogP contribution in [-0.4, -0.2) is 16.5 Å². The number of halogens is 1. The molecule has 1 unspecified atom stereocenters. The van der Waals surface area contributed by atoms with Gasteiger partial charge in [-0.3, -0.25) is 0 Å². The van der Waals surface area contributed by atoms with Gasteiger partial charge in [0.25, 0.3) is 0 Å². The molecule has 0 N–H and O–H groups in total. The number of benzene rings is 1. The molecule has 1 heterocycles. The fourth-order valence-corrected chi connectivity index (χ4v) is 5.50. The maximum Gasteiger partial charge on any atom is 0.123 e. The van der Waals surface area contributed by atoms with Crippen LogP contribution in [0.5, 0.6) is 0 Å². The van der Waals surface area contributed by atoms with Crippen molar-refractivity contribution in [3.63, 3.8) is 0 Å². The first-order valence-electron chi connectivity index (χ1n) is 7.20. The molecule has 1 aromatic rings. The lowest BCUT2D eigenvalue weighted by atomic mass is 9.72. The zero-order chi connectivity index (χ0) is 13.5. The Kier molecular flexibility index (Phi) is 3.41. The van der Waals surface area contributed by atoms with Gasteiger partial charge in [-0.2, -0.15) is 0 Å². The first-order valence-corrected chi connectivity index (χ1v) is 8.76. The summed E-state index contributed by atoms with van der Waals surface area (Å²) in [5.41, 5.74) is 2.29. The minimum absolute atomic E-state index is 0.0749. The van der Waals surface area contributed by atoms with Crippen molar-refractivity contribution in [1.82, 2.24) is 0 Å². The van der Waals surface area contributed by atoms with Gasteiger partial charge in [0, 0.05) is 5.41 Å². The van der Waals surface area contributed by atoms with Gasteiger partial charge >= 0.3 is 0 Å². The van der Waals surface area contributed by atoms with E-state index in [1.165, 1.54) is 29.9 Å². The molecule has 3 atom stereocenters. The SMILES string of the molecule is CCS1=C=C[C@@]2(c3cc(C)cc(F)c3)CCC[C@H]2C1. The van der Waals surface area contributed by atoms with Gasteiger partial charge in [0.2, 0.25) is 0 Å². The van der Waals surface area contributed by atoms with Crippen LogP contribution in [-0.2, 0) is 5.41 Å². The van der Waals surface area contributed by atoms with E-state index in [1.54, 1.807) is 12.1 Å². The maximum atomic E-state index is 13.7. The molecule has 0 saturated heterocycles. The molecule has 1 aliphatic carbocycles. The molecule has 1 saturated carbocycles. The smallest absolute Gasteiger partial charge is 0.123 e. The summed E-state index contributed by atoms with van der Waals surface area (Å²) in [5, 5.41) is 3.60. The highest BCUT2D eigenvalue weighted by atomic mass is 32.2. The van der Waals surface area contributed by atoms with Gasteiger partial charge in [0.1, 0.15) is 5.82 Å². The lowest BCUT2D eigenvalue weighted by Crippen LogP contribution is -2.32. The van der Waals surface area contributed by atoms with Gasteiger partial charge < -0.3 is 0 Å². The van der Waals surface area contributed by atoms with Crippen molar-refractivity contribution in [3.8, 4) is 0 Å². The summed E-state index contributed by atoms with van der Waals surface area (Å²) in [6.07, 6.45) is 6.01. The summed E-state index contributed by atoms with van der Waals surface area (Å²) in [6.45, 7) is 4.23. The predicted molar refractivity (Wildman–Crippen MR) is 82.7 cm³/mol. The van der Waals surface area contributed by atoms with Crippen molar-refractivity contribution in [2.45, 2.75) is 38.5 Å². The molecule has 1 fully saturated rings. The van der Waals surface area contributed by atoms with E-state index in [9.17, 15) is 4.39 Å². The molecule has 0 spiro atoms. The second kappa shape index (κ2) is 4.92. The third-order valence-corrected chi connectivity index (χ3v) is 6.64. The fraction of sp³-hybridized carbons (Fsp3) is 0.529. The predicted octanol–water partition coefficient (Wildman–Crippen LogP) is 4.43. The van der Waals surface area contributed by atoms with Crippen molar-refractivity contribution in [2.24, 2.45) is 5.92 Å². The van der Waals surface area contributed by atoms with Crippen molar-refractivity contribution in [1.29, 1.82) is 0 Å². The number of hydrogen-bond donors (Lipinski definition) is 0. The van der Waals surface area contributed by atoms with E-state index >= 15 is 0 Å². The summed E-state index contributed by atoms with van der Waals surface area (Å²) in [6, 6.07) is 5.55. The van der Waals surface area contributed by atoms with Crippen LogP contribution < -0.4 is 0 Å². The van der Waals surface area contributed by atoms with Crippen LogP contribution in [0.2, 0.25) is 0 Å². The molecule has 102 valence electrons. The Balaban J connectivity index is 2.12. The average Bonchev–Trinajstić information content (AvgIpc) is 2.81. The van der Waals surface area contributed by atoms with Crippen LogP contribution in [0.1, 0.15) is 37.3 Å². The van der Waals surface area contributed by atoms with Gasteiger partial charge in [0.15, 0.2) is 0 Å². The summed E-state index contributed by atoms with van der Waals surface area (Å²) >= 11 is 0. The summed E-state index contributed by atoms with van der Waals surface area (Å²) in [7, 11) is 0.328. The summed E-state index contributed by atoms with van der Waals surface area (Å²) < 4.78 is 13.7. The summed E-state index contributed by atoms with van der Waals surface area (Å²) in [4.78, 5) is 0. The largest absolute Gasteiger partial charge is 0.207 e. The van der Waals surface area contributed by atoms with E-state index in [2.05, 4.69) is 24.1 Å². The van der Waals surface area contributed by atoms with E-state index < -0.39 is 0 Å². The number of fused-ring (bicyclic) bond motifs is 1. The molecule has 3 rings (SSSR count). The van der Waals surface area contributed by atoms with Gasteiger partial charge in [0.05, 0.1) is 0 Å². The molecule has 0 bridgehead atoms. The Labute approximate surface area is 117 Å². The van der Waals surface area contributed by atoms with Crippen LogP contribution in [0.15, 0.2) is 24.3 Å². The monoisotopic (exact) mass is 276 g/mol. The minimum atomic E-state index is -0.0940. The molecule has 19 heavy (non-hydrogen) atoms. The average molecular weight is 276 g/mol. The highest BCUT2D eigenvalue weighted by molar-refractivity contribution is 8.14. The Morgan fingerprint density at radius 3 is 3.00 bits per heavy atom. The van der Waals surface area contributed by atoms with E-state index in [-0.39, 0.29) is 11.2 Å². The molecule has 2 heteroatoms. The molecule has 0 aromatic heterocycles. The first kappa shape index (κ1) is 13.1.